The van der Waals surface area contributed by atoms with Crippen molar-refractivity contribution < 1.29 is 0 Å². The highest BCUT2D eigenvalue weighted by molar-refractivity contribution is 5.12. The van der Waals surface area contributed by atoms with Gasteiger partial charge in [-0.1, -0.05) is 13.8 Å². The number of hydrogen-bond acceptors (Lipinski definition) is 3. The molecule has 2 unspecified atom stereocenters. The first kappa shape index (κ1) is 13.6. The zero-order chi connectivity index (χ0) is 13.1. The van der Waals surface area contributed by atoms with E-state index in [1.54, 1.807) is 0 Å². The lowest BCUT2D eigenvalue weighted by atomic mass is 9.94. The lowest BCUT2D eigenvalue weighted by molar-refractivity contribution is 0.248. The second-order valence-corrected chi connectivity index (χ2v) is 5.91. The molecule has 0 spiro atoms. The van der Waals surface area contributed by atoms with Gasteiger partial charge >= 0.3 is 0 Å². The molecule has 1 aromatic rings. The highest BCUT2D eigenvalue weighted by Gasteiger charge is 2.23. The van der Waals surface area contributed by atoms with Crippen LogP contribution in [0.15, 0.2) is 6.20 Å². The van der Waals surface area contributed by atoms with E-state index in [1.807, 2.05) is 6.20 Å². The van der Waals surface area contributed by atoms with Gasteiger partial charge < -0.3 is 15.6 Å². The van der Waals surface area contributed by atoms with Gasteiger partial charge in [-0.25, -0.2) is 4.98 Å². The Kier molecular flexibility index (Phi) is 4.40. The van der Waals surface area contributed by atoms with Crippen molar-refractivity contribution in [3.05, 3.63) is 17.7 Å². The maximum Gasteiger partial charge on any atom is 0.110 e. The van der Waals surface area contributed by atoms with Gasteiger partial charge in [0.25, 0.3) is 0 Å². The van der Waals surface area contributed by atoms with Crippen LogP contribution in [-0.2, 0) is 0 Å². The average molecular weight is 250 g/mol. The van der Waals surface area contributed by atoms with Crippen molar-refractivity contribution in [2.75, 3.05) is 26.7 Å². The fourth-order valence-corrected chi connectivity index (χ4v) is 2.87. The van der Waals surface area contributed by atoms with Gasteiger partial charge in [0, 0.05) is 36.8 Å². The topological polar surface area (TPSA) is 57.9 Å². The van der Waals surface area contributed by atoms with Gasteiger partial charge in [-0.2, -0.15) is 0 Å². The van der Waals surface area contributed by atoms with E-state index in [2.05, 4.69) is 35.8 Å². The smallest absolute Gasteiger partial charge is 0.110 e. The molecule has 4 heteroatoms. The Morgan fingerprint density at radius 2 is 2.33 bits per heavy atom. The summed E-state index contributed by atoms with van der Waals surface area (Å²) in [5, 5.41) is 0. The number of hydrogen-bond donors (Lipinski definition) is 2. The second kappa shape index (κ2) is 5.85. The second-order valence-electron chi connectivity index (χ2n) is 5.91. The summed E-state index contributed by atoms with van der Waals surface area (Å²) in [5.74, 6) is 2.55. The van der Waals surface area contributed by atoms with Crippen molar-refractivity contribution in [3.63, 3.8) is 0 Å². The molecule has 0 aliphatic carbocycles. The largest absolute Gasteiger partial charge is 0.345 e. The fraction of sp³-hybridized carbons (Fsp3) is 0.786. The Balaban J connectivity index is 2.09. The first-order valence-corrected chi connectivity index (χ1v) is 7.05. The summed E-state index contributed by atoms with van der Waals surface area (Å²) < 4.78 is 0. The molecule has 2 heterocycles. The van der Waals surface area contributed by atoms with E-state index in [0.717, 1.165) is 12.4 Å². The summed E-state index contributed by atoms with van der Waals surface area (Å²) in [6.07, 6.45) is 4.56. The van der Waals surface area contributed by atoms with E-state index >= 15 is 0 Å². The van der Waals surface area contributed by atoms with Crippen molar-refractivity contribution in [2.24, 2.45) is 11.7 Å². The molecule has 0 amide bonds. The number of nitrogens with two attached hydrogens (primary N) is 1. The maximum absolute atomic E-state index is 5.85. The molecule has 0 saturated carbocycles. The number of nitrogens with zero attached hydrogens (tertiary/aromatic N) is 2. The van der Waals surface area contributed by atoms with Gasteiger partial charge in [0.1, 0.15) is 5.82 Å². The molecule has 0 bridgehead atoms. The monoisotopic (exact) mass is 250 g/mol. The molecular formula is C14H26N4. The zero-order valence-corrected chi connectivity index (χ0v) is 11.8. The Bertz CT molecular complexity index is 372. The van der Waals surface area contributed by atoms with Crippen LogP contribution in [0.1, 0.15) is 50.0 Å². The lowest BCUT2D eigenvalue weighted by Gasteiger charge is -2.28. The van der Waals surface area contributed by atoms with Crippen LogP contribution in [0, 0.1) is 5.92 Å². The van der Waals surface area contributed by atoms with Crippen LogP contribution in [-0.4, -0.2) is 41.5 Å². The fourth-order valence-electron chi connectivity index (χ4n) is 2.87. The van der Waals surface area contributed by atoms with Crippen molar-refractivity contribution in [1.29, 1.82) is 0 Å². The SMILES string of the molecule is CC(C)C(CN)c1ncc(C2CCCN(C)C2)[nH]1. The number of nitrogens with one attached hydrogen (secondary N) is 1. The summed E-state index contributed by atoms with van der Waals surface area (Å²) in [6, 6.07) is 0. The van der Waals surface area contributed by atoms with Gasteiger partial charge in [0.2, 0.25) is 0 Å². The van der Waals surface area contributed by atoms with E-state index in [-0.39, 0.29) is 0 Å². The number of H-pyrrole nitrogens is 1. The molecular weight excluding hydrogens is 224 g/mol. The van der Waals surface area contributed by atoms with Crippen LogP contribution in [0.3, 0.4) is 0 Å². The van der Waals surface area contributed by atoms with Crippen molar-refractivity contribution >= 4 is 0 Å². The molecule has 1 aliphatic heterocycles. The van der Waals surface area contributed by atoms with Gasteiger partial charge in [-0.05, 0) is 32.4 Å². The molecule has 4 nitrogen and oxygen atoms in total. The summed E-state index contributed by atoms with van der Waals surface area (Å²) in [7, 11) is 2.19. The minimum Gasteiger partial charge on any atom is -0.345 e. The van der Waals surface area contributed by atoms with Gasteiger partial charge in [-0.3, -0.25) is 0 Å². The highest BCUT2D eigenvalue weighted by atomic mass is 15.1. The molecule has 0 aromatic carbocycles. The minimum atomic E-state index is 0.347. The van der Waals surface area contributed by atoms with Crippen LogP contribution in [0.5, 0.6) is 0 Å². The van der Waals surface area contributed by atoms with Crippen LogP contribution in [0.4, 0.5) is 0 Å². The lowest BCUT2D eigenvalue weighted by Crippen LogP contribution is -2.31. The quantitative estimate of drug-likeness (QED) is 0.858. The van der Waals surface area contributed by atoms with Gasteiger partial charge in [0.15, 0.2) is 0 Å². The molecule has 1 saturated heterocycles. The Hall–Kier alpha value is -0.870. The van der Waals surface area contributed by atoms with Crippen molar-refractivity contribution in [3.8, 4) is 0 Å². The molecule has 3 N–H and O–H groups in total. The number of aromatic nitrogens is 2. The van der Waals surface area contributed by atoms with E-state index < -0.39 is 0 Å². The van der Waals surface area contributed by atoms with Gasteiger partial charge in [-0.15, -0.1) is 0 Å². The predicted molar refractivity (Wildman–Crippen MR) is 74.7 cm³/mol. The standard InChI is InChI=1S/C14H26N4/c1-10(2)12(7-15)14-16-8-13(17-14)11-5-4-6-18(3)9-11/h8,10-12H,4-7,9,15H2,1-3H3,(H,16,17). The molecule has 1 aromatic heterocycles. The number of likely N-dealkylation sites (N-methyl/N-ethyl adjacent to an activating group) is 1. The zero-order valence-electron chi connectivity index (χ0n) is 11.8. The number of aromatic amines is 1. The molecule has 2 atom stereocenters. The summed E-state index contributed by atoms with van der Waals surface area (Å²) in [5.41, 5.74) is 7.13. The van der Waals surface area contributed by atoms with Crippen LogP contribution < -0.4 is 5.73 Å². The van der Waals surface area contributed by atoms with E-state index in [9.17, 15) is 0 Å². The Morgan fingerprint density at radius 3 is 2.94 bits per heavy atom. The first-order valence-electron chi connectivity index (χ1n) is 7.05. The number of likely N-dealkylation sites (tertiary alicyclic amines) is 1. The third kappa shape index (κ3) is 2.93. The molecule has 18 heavy (non-hydrogen) atoms. The number of rotatable bonds is 4. The van der Waals surface area contributed by atoms with Gasteiger partial charge in [0.05, 0.1) is 0 Å². The van der Waals surface area contributed by atoms with Crippen molar-refractivity contribution in [1.82, 2.24) is 14.9 Å². The minimum absolute atomic E-state index is 0.347. The molecule has 0 radical (unpaired) electrons. The molecule has 1 fully saturated rings. The normalized spacial score (nSPS) is 23.5. The average Bonchev–Trinajstić information content (AvgIpc) is 2.79. The summed E-state index contributed by atoms with van der Waals surface area (Å²) in [6.45, 7) is 7.42. The molecule has 102 valence electrons. The summed E-state index contributed by atoms with van der Waals surface area (Å²) in [4.78, 5) is 10.5. The maximum atomic E-state index is 5.85. The highest BCUT2D eigenvalue weighted by Crippen LogP contribution is 2.27. The van der Waals surface area contributed by atoms with Crippen LogP contribution in [0.25, 0.3) is 0 Å². The Labute approximate surface area is 110 Å². The summed E-state index contributed by atoms with van der Waals surface area (Å²) >= 11 is 0. The predicted octanol–water partition coefficient (Wildman–Crippen LogP) is 1.92. The molecule has 1 aliphatic rings. The van der Waals surface area contributed by atoms with Crippen LogP contribution >= 0.6 is 0 Å². The third-order valence-electron chi connectivity index (χ3n) is 4.09. The van der Waals surface area contributed by atoms with E-state index in [1.165, 1.54) is 25.1 Å². The molecule has 2 rings (SSSR count). The van der Waals surface area contributed by atoms with Crippen LogP contribution in [0.2, 0.25) is 0 Å². The number of piperidine rings is 1. The van der Waals surface area contributed by atoms with E-state index in [4.69, 9.17) is 5.73 Å². The number of imidazole rings is 1. The third-order valence-corrected chi connectivity index (χ3v) is 4.09. The Morgan fingerprint density at radius 1 is 1.56 bits per heavy atom. The van der Waals surface area contributed by atoms with E-state index in [0.29, 0.717) is 24.3 Å². The first-order chi connectivity index (χ1) is 8.61. The van der Waals surface area contributed by atoms with Crippen molar-refractivity contribution in [2.45, 2.75) is 38.5 Å².